The molecule has 1 unspecified atom stereocenters. The van der Waals surface area contributed by atoms with Crippen LogP contribution in [0.2, 0.25) is 0 Å². The second kappa shape index (κ2) is 7.19. The Bertz CT molecular complexity index is 665. The third-order valence-corrected chi connectivity index (χ3v) is 4.91. The molecule has 1 aliphatic rings. The highest BCUT2D eigenvalue weighted by molar-refractivity contribution is 7.13. The lowest BCUT2D eigenvalue weighted by atomic mass is 10.2. The van der Waals surface area contributed by atoms with Crippen molar-refractivity contribution in [1.82, 2.24) is 15.2 Å². The lowest BCUT2D eigenvalue weighted by molar-refractivity contribution is 0.0687. The molecular formula is C17H20FN3OS. The molecule has 1 fully saturated rings. The molecule has 0 aliphatic carbocycles. The fourth-order valence-electron chi connectivity index (χ4n) is 2.84. The van der Waals surface area contributed by atoms with Gasteiger partial charge in [0.15, 0.2) is 0 Å². The molecule has 2 aromatic rings. The van der Waals surface area contributed by atoms with Gasteiger partial charge in [0.25, 0.3) is 5.91 Å². The van der Waals surface area contributed by atoms with Gasteiger partial charge < -0.3 is 10.2 Å². The van der Waals surface area contributed by atoms with E-state index in [9.17, 15) is 9.18 Å². The van der Waals surface area contributed by atoms with Crippen molar-refractivity contribution in [2.24, 2.45) is 0 Å². The van der Waals surface area contributed by atoms with Crippen LogP contribution in [0, 0.1) is 5.82 Å². The van der Waals surface area contributed by atoms with Crippen LogP contribution in [-0.2, 0) is 0 Å². The SMILES string of the molecule is CCCN(C(=O)c1csc(-c2ccc(F)cc2)n1)C1CCNC1. The first-order valence-corrected chi connectivity index (χ1v) is 8.80. The number of rotatable bonds is 5. The fraction of sp³-hybridized carbons (Fsp3) is 0.412. The monoisotopic (exact) mass is 333 g/mol. The van der Waals surface area contributed by atoms with Crippen molar-refractivity contribution in [2.75, 3.05) is 19.6 Å². The Morgan fingerprint density at radius 1 is 1.43 bits per heavy atom. The maximum absolute atomic E-state index is 13.0. The predicted molar refractivity (Wildman–Crippen MR) is 90.1 cm³/mol. The van der Waals surface area contributed by atoms with Crippen LogP contribution in [0.15, 0.2) is 29.6 Å². The van der Waals surface area contributed by atoms with Gasteiger partial charge in [0.1, 0.15) is 16.5 Å². The van der Waals surface area contributed by atoms with E-state index in [1.807, 2.05) is 4.90 Å². The summed E-state index contributed by atoms with van der Waals surface area (Å²) in [6.07, 6.45) is 1.91. The Hall–Kier alpha value is -1.79. The molecule has 1 aromatic carbocycles. The van der Waals surface area contributed by atoms with Gasteiger partial charge in [0.05, 0.1) is 0 Å². The summed E-state index contributed by atoms with van der Waals surface area (Å²) in [4.78, 5) is 19.2. The summed E-state index contributed by atoms with van der Waals surface area (Å²) in [6, 6.07) is 6.44. The first-order chi connectivity index (χ1) is 11.2. The average molecular weight is 333 g/mol. The molecule has 122 valence electrons. The number of benzene rings is 1. The Balaban J connectivity index is 1.80. The van der Waals surface area contributed by atoms with E-state index in [0.717, 1.165) is 43.0 Å². The van der Waals surface area contributed by atoms with Gasteiger partial charge in [-0.05, 0) is 43.7 Å². The van der Waals surface area contributed by atoms with Gasteiger partial charge >= 0.3 is 0 Å². The van der Waals surface area contributed by atoms with Gasteiger partial charge in [0, 0.05) is 30.1 Å². The summed E-state index contributed by atoms with van der Waals surface area (Å²) in [5, 5.41) is 5.85. The maximum Gasteiger partial charge on any atom is 0.273 e. The van der Waals surface area contributed by atoms with Crippen molar-refractivity contribution in [2.45, 2.75) is 25.8 Å². The molecule has 1 atom stereocenters. The van der Waals surface area contributed by atoms with Gasteiger partial charge in [-0.25, -0.2) is 9.37 Å². The van der Waals surface area contributed by atoms with Crippen molar-refractivity contribution >= 4 is 17.2 Å². The molecule has 1 N–H and O–H groups in total. The molecule has 6 heteroatoms. The van der Waals surface area contributed by atoms with E-state index in [1.165, 1.54) is 23.5 Å². The van der Waals surface area contributed by atoms with Crippen LogP contribution < -0.4 is 5.32 Å². The quantitative estimate of drug-likeness (QED) is 0.914. The van der Waals surface area contributed by atoms with E-state index >= 15 is 0 Å². The first kappa shape index (κ1) is 16.1. The number of carbonyl (C=O) groups excluding carboxylic acids is 1. The number of halogens is 1. The van der Waals surface area contributed by atoms with Crippen LogP contribution in [0.3, 0.4) is 0 Å². The standard InChI is InChI=1S/C17H20FN3OS/c1-2-9-21(14-7-8-19-10-14)17(22)15-11-23-16(20-15)12-3-5-13(18)6-4-12/h3-6,11,14,19H,2,7-10H2,1H3. The first-order valence-electron chi connectivity index (χ1n) is 7.92. The van der Waals surface area contributed by atoms with Gasteiger partial charge in [-0.3, -0.25) is 4.79 Å². The van der Waals surface area contributed by atoms with Gasteiger partial charge in [-0.15, -0.1) is 11.3 Å². The minimum absolute atomic E-state index is 0.00911. The number of aromatic nitrogens is 1. The van der Waals surface area contributed by atoms with Gasteiger partial charge in [-0.1, -0.05) is 6.92 Å². The number of nitrogens with one attached hydrogen (secondary N) is 1. The normalized spacial score (nSPS) is 17.4. The molecule has 1 aliphatic heterocycles. The smallest absolute Gasteiger partial charge is 0.273 e. The Labute approximate surface area is 139 Å². The third-order valence-electron chi connectivity index (χ3n) is 4.01. The van der Waals surface area contributed by atoms with Crippen molar-refractivity contribution in [1.29, 1.82) is 0 Å². The zero-order chi connectivity index (χ0) is 16.2. The van der Waals surface area contributed by atoms with E-state index in [4.69, 9.17) is 0 Å². The predicted octanol–water partition coefficient (Wildman–Crippen LogP) is 3.16. The minimum atomic E-state index is -0.274. The lowest BCUT2D eigenvalue weighted by Gasteiger charge is -2.27. The molecule has 3 rings (SSSR count). The van der Waals surface area contributed by atoms with E-state index in [0.29, 0.717) is 5.69 Å². The molecule has 23 heavy (non-hydrogen) atoms. The molecule has 1 amide bonds. The second-order valence-electron chi connectivity index (χ2n) is 5.69. The Kier molecular flexibility index (Phi) is 5.03. The second-order valence-corrected chi connectivity index (χ2v) is 6.55. The number of nitrogens with zero attached hydrogens (tertiary/aromatic N) is 2. The molecule has 0 radical (unpaired) electrons. The zero-order valence-electron chi connectivity index (χ0n) is 13.1. The molecule has 0 saturated carbocycles. The van der Waals surface area contributed by atoms with Crippen molar-refractivity contribution in [3.05, 3.63) is 41.2 Å². The summed E-state index contributed by atoms with van der Waals surface area (Å²) < 4.78 is 13.0. The molecule has 1 aromatic heterocycles. The molecule has 0 spiro atoms. The van der Waals surface area contributed by atoms with Crippen molar-refractivity contribution < 1.29 is 9.18 Å². The molecule has 1 saturated heterocycles. The van der Waals surface area contributed by atoms with Crippen LogP contribution in [-0.4, -0.2) is 41.5 Å². The number of carbonyl (C=O) groups is 1. The van der Waals surface area contributed by atoms with Crippen molar-refractivity contribution in [3.63, 3.8) is 0 Å². The van der Waals surface area contributed by atoms with Gasteiger partial charge in [-0.2, -0.15) is 0 Å². The lowest BCUT2D eigenvalue weighted by Crippen LogP contribution is -2.42. The Morgan fingerprint density at radius 2 is 2.22 bits per heavy atom. The average Bonchev–Trinajstić information content (AvgIpc) is 3.24. The van der Waals surface area contributed by atoms with E-state index in [-0.39, 0.29) is 17.8 Å². The van der Waals surface area contributed by atoms with Crippen LogP contribution in [0.1, 0.15) is 30.3 Å². The van der Waals surface area contributed by atoms with Crippen LogP contribution >= 0.6 is 11.3 Å². The van der Waals surface area contributed by atoms with Crippen LogP contribution in [0.4, 0.5) is 4.39 Å². The summed E-state index contributed by atoms with van der Waals surface area (Å²) in [7, 11) is 0. The molecule has 4 nitrogen and oxygen atoms in total. The maximum atomic E-state index is 13.0. The highest BCUT2D eigenvalue weighted by Gasteiger charge is 2.28. The largest absolute Gasteiger partial charge is 0.333 e. The zero-order valence-corrected chi connectivity index (χ0v) is 13.9. The molecule has 0 bridgehead atoms. The topological polar surface area (TPSA) is 45.2 Å². The van der Waals surface area contributed by atoms with Crippen molar-refractivity contribution in [3.8, 4) is 10.6 Å². The molecule has 2 heterocycles. The summed E-state index contributed by atoms with van der Waals surface area (Å²) in [6.45, 7) is 4.62. The van der Waals surface area contributed by atoms with Gasteiger partial charge in [0.2, 0.25) is 0 Å². The third kappa shape index (κ3) is 3.59. The summed E-state index contributed by atoms with van der Waals surface area (Å²) in [5.41, 5.74) is 1.31. The summed E-state index contributed by atoms with van der Waals surface area (Å²) >= 11 is 1.42. The Morgan fingerprint density at radius 3 is 2.87 bits per heavy atom. The minimum Gasteiger partial charge on any atom is -0.333 e. The van der Waals surface area contributed by atoms with E-state index < -0.39 is 0 Å². The number of thiazole rings is 1. The highest BCUT2D eigenvalue weighted by atomic mass is 32.1. The van der Waals surface area contributed by atoms with Crippen LogP contribution in [0.25, 0.3) is 10.6 Å². The number of hydrogen-bond acceptors (Lipinski definition) is 4. The van der Waals surface area contributed by atoms with E-state index in [2.05, 4.69) is 17.2 Å². The van der Waals surface area contributed by atoms with Crippen LogP contribution in [0.5, 0.6) is 0 Å². The fourth-order valence-corrected chi connectivity index (χ4v) is 3.64. The summed E-state index contributed by atoms with van der Waals surface area (Å²) in [5.74, 6) is -0.283. The highest BCUT2D eigenvalue weighted by Crippen LogP contribution is 2.25. The van der Waals surface area contributed by atoms with E-state index in [1.54, 1.807) is 17.5 Å². The molecular weight excluding hydrogens is 313 g/mol. The number of hydrogen-bond donors (Lipinski definition) is 1. The number of amides is 1.